The summed E-state index contributed by atoms with van der Waals surface area (Å²) in [6.45, 7) is 1.99. The number of anilines is 1. The molecule has 1 aliphatic carbocycles. The van der Waals surface area contributed by atoms with Crippen molar-refractivity contribution < 1.29 is 4.74 Å². The first kappa shape index (κ1) is 14.9. The number of aromatic nitrogens is 3. The third-order valence-electron chi connectivity index (χ3n) is 4.12. The van der Waals surface area contributed by atoms with Crippen molar-refractivity contribution in [2.45, 2.75) is 44.8 Å². The number of halogens is 1. The number of pyridine rings is 1. The van der Waals surface area contributed by atoms with Crippen LogP contribution in [-0.2, 0) is 4.74 Å². The Balaban J connectivity index is 1.78. The van der Waals surface area contributed by atoms with Gasteiger partial charge in [-0.2, -0.15) is 0 Å². The van der Waals surface area contributed by atoms with Crippen LogP contribution >= 0.6 is 22.6 Å². The molecule has 112 valence electrons. The van der Waals surface area contributed by atoms with Crippen molar-refractivity contribution in [2.24, 2.45) is 0 Å². The van der Waals surface area contributed by atoms with E-state index in [-0.39, 0.29) is 0 Å². The molecule has 0 bridgehead atoms. The molecule has 0 atom stereocenters. The van der Waals surface area contributed by atoms with Crippen molar-refractivity contribution in [2.75, 3.05) is 12.4 Å². The van der Waals surface area contributed by atoms with Crippen LogP contribution in [0, 0.1) is 10.5 Å². The summed E-state index contributed by atoms with van der Waals surface area (Å²) >= 11 is 2.27. The van der Waals surface area contributed by atoms with E-state index in [1.807, 2.05) is 19.3 Å². The molecule has 0 amide bonds. The molecule has 2 aromatic heterocycles. The quantitative estimate of drug-likeness (QED) is 0.805. The minimum absolute atomic E-state index is 0.412. The van der Waals surface area contributed by atoms with E-state index in [4.69, 9.17) is 4.74 Å². The Morgan fingerprint density at radius 1 is 1.19 bits per heavy atom. The summed E-state index contributed by atoms with van der Waals surface area (Å²) in [5, 5.41) is 4.49. The topological polar surface area (TPSA) is 59.9 Å². The van der Waals surface area contributed by atoms with Gasteiger partial charge in [0.15, 0.2) is 0 Å². The van der Waals surface area contributed by atoms with E-state index in [9.17, 15) is 0 Å². The molecular formula is C15H19IN4O. The van der Waals surface area contributed by atoms with Gasteiger partial charge in [0.25, 0.3) is 0 Å². The molecule has 2 heterocycles. The molecule has 1 N–H and O–H groups in total. The lowest BCUT2D eigenvalue weighted by atomic mass is 9.93. The monoisotopic (exact) mass is 398 g/mol. The number of aryl methyl sites for hydroxylation is 1. The fourth-order valence-corrected chi connectivity index (χ4v) is 3.36. The lowest BCUT2D eigenvalue weighted by Gasteiger charge is -2.28. The van der Waals surface area contributed by atoms with Crippen LogP contribution in [0.1, 0.15) is 31.4 Å². The van der Waals surface area contributed by atoms with Crippen LogP contribution in [0.2, 0.25) is 0 Å². The molecule has 5 nitrogen and oxygen atoms in total. The maximum Gasteiger partial charge on any atom is 0.223 e. The fraction of sp³-hybridized carbons (Fsp3) is 0.533. The van der Waals surface area contributed by atoms with Crippen molar-refractivity contribution >= 4 is 39.4 Å². The number of hydrogen-bond acceptors (Lipinski definition) is 5. The number of ether oxygens (including phenoxy) is 1. The smallest absolute Gasteiger partial charge is 0.223 e. The van der Waals surface area contributed by atoms with Gasteiger partial charge in [-0.25, -0.2) is 9.97 Å². The Labute approximate surface area is 138 Å². The van der Waals surface area contributed by atoms with Crippen LogP contribution in [0.5, 0.6) is 0 Å². The molecule has 0 unspecified atom stereocenters. The highest BCUT2D eigenvalue weighted by Crippen LogP contribution is 2.24. The summed E-state index contributed by atoms with van der Waals surface area (Å²) in [6.07, 6.45) is 8.55. The van der Waals surface area contributed by atoms with Crippen LogP contribution in [0.15, 0.2) is 12.4 Å². The largest absolute Gasteiger partial charge is 0.381 e. The number of rotatable bonds is 3. The van der Waals surface area contributed by atoms with Crippen molar-refractivity contribution in [3.63, 3.8) is 0 Å². The van der Waals surface area contributed by atoms with Gasteiger partial charge in [-0.15, -0.1) is 0 Å². The molecule has 1 fully saturated rings. The van der Waals surface area contributed by atoms with E-state index in [1.165, 1.54) is 0 Å². The van der Waals surface area contributed by atoms with Gasteiger partial charge in [0, 0.05) is 36.6 Å². The predicted molar refractivity (Wildman–Crippen MR) is 91.5 cm³/mol. The van der Waals surface area contributed by atoms with Crippen LogP contribution < -0.4 is 5.32 Å². The molecular weight excluding hydrogens is 379 g/mol. The Morgan fingerprint density at radius 3 is 2.67 bits per heavy atom. The maximum absolute atomic E-state index is 5.41. The van der Waals surface area contributed by atoms with Crippen molar-refractivity contribution in [1.82, 2.24) is 15.0 Å². The summed E-state index contributed by atoms with van der Waals surface area (Å²) in [4.78, 5) is 13.5. The summed E-state index contributed by atoms with van der Waals surface area (Å²) in [5.41, 5.74) is 1.95. The Hall–Kier alpha value is -1.02. The molecule has 0 spiro atoms. The van der Waals surface area contributed by atoms with Gasteiger partial charge in [-0.1, -0.05) is 0 Å². The lowest BCUT2D eigenvalue weighted by Crippen LogP contribution is -2.29. The second-order valence-corrected chi connectivity index (χ2v) is 6.66. The predicted octanol–water partition coefficient (Wildman–Crippen LogP) is 3.31. The van der Waals surface area contributed by atoms with Gasteiger partial charge >= 0.3 is 0 Å². The molecule has 6 heteroatoms. The molecule has 0 aliphatic heterocycles. The standard InChI is InChI=1S/C15H19IN4O/c1-9-12-7-18-15(20-14(12)13(16)8-17-9)19-10-3-5-11(21-2)6-4-10/h7-8,10-11H,3-6H2,1-2H3,(H,18,19,20). The fourth-order valence-electron chi connectivity index (χ4n) is 2.81. The van der Waals surface area contributed by atoms with E-state index in [2.05, 4.69) is 42.9 Å². The SMILES string of the molecule is COC1CCC(Nc2ncc3c(C)ncc(I)c3n2)CC1. The van der Waals surface area contributed by atoms with Crippen LogP contribution in [0.25, 0.3) is 10.9 Å². The van der Waals surface area contributed by atoms with Gasteiger partial charge < -0.3 is 10.1 Å². The first-order valence-corrected chi connectivity index (χ1v) is 8.32. The highest BCUT2D eigenvalue weighted by atomic mass is 127. The average molecular weight is 398 g/mol. The van der Waals surface area contributed by atoms with E-state index in [0.717, 1.165) is 45.9 Å². The van der Waals surface area contributed by atoms with E-state index in [1.54, 1.807) is 7.11 Å². The van der Waals surface area contributed by atoms with Gasteiger partial charge in [0.2, 0.25) is 5.95 Å². The number of fused-ring (bicyclic) bond motifs is 1. The van der Waals surface area contributed by atoms with E-state index < -0.39 is 0 Å². The molecule has 2 aromatic rings. The summed E-state index contributed by atoms with van der Waals surface area (Å²) in [5.74, 6) is 0.715. The first-order chi connectivity index (χ1) is 10.2. The Kier molecular flexibility index (Phi) is 4.54. The zero-order valence-electron chi connectivity index (χ0n) is 12.3. The third kappa shape index (κ3) is 3.26. The molecule has 0 saturated heterocycles. The molecule has 0 aromatic carbocycles. The summed E-state index contributed by atoms with van der Waals surface area (Å²) in [6, 6.07) is 0.439. The second-order valence-electron chi connectivity index (χ2n) is 5.50. The van der Waals surface area contributed by atoms with Crippen LogP contribution in [0.3, 0.4) is 0 Å². The molecule has 1 aliphatic rings. The van der Waals surface area contributed by atoms with Gasteiger partial charge in [0.1, 0.15) is 0 Å². The normalized spacial score (nSPS) is 22.4. The molecule has 1 saturated carbocycles. The number of nitrogens with one attached hydrogen (secondary N) is 1. The van der Waals surface area contributed by atoms with Gasteiger partial charge in [-0.3, -0.25) is 4.98 Å². The number of nitrogens with zero attached hydrogens (tertiary/aromatic N) is 3. The maximum atomic E-state index is 5.41. The van der Waals surface area contributed by atoms with Crippen molar-refractivity contribution in [3.8, 4) is 0 Å². The number of methoxy groups -OCH3 is 1. The lowest BCUT2D eigenvalue weighted by molar-refractivity contribution is 0.0681. The molecule has 0 radical (unpaired) electrons. The van der Waals surface area contributed by atoms with Crippen LogP contribution in [0.4, 0.5) is 5.95 Å². The van der Waals surface area contributed by atoms with E-state index in [0.29, 0.717) is 18.1 Å². The van der Waals surface area contributed by atoms with Crippen molar-refractivity contribution in [3.05, 3.63) is 21.7 Å². The molecule has 21 heavy (non-hydrogen) atoms. The zero-order valence-corrected chi connectivity index (χ0v) is 14.4. The zero-order chi connectivity index (χ0) is 14.8. The second kappa shape index (κ2) is 6.39. The van der Waals surface area contributed by atoms with E-state index >= 15 is 0 Å². The Morgan fingerprint density at radius 2 is 1.95 bits per heavy atom. The highest BCUT2D eigenvalue weighted by molar-refractivity contribution is 14.1. The van der Waals surface area contributed by atoms with Gasteiger partial charge in [0.05, 0.1) is 15.2 Å². The average Bonchev–Trinajstić information content (AvgIpc) is 2.52. The highest BCUT2D eigenvalue weighted by Gasteiger charge is 2.21. The molecule has 3 rings (SSSR count). The minimum atomic E-state index is 0.412. The van der Waals surface area contributed by atoms with Crippen molar-refractivity contribution in [1.29, 1.82) is 0 Å². The van der Waals surface area contributed by atoms with Gasteiger partial charge in [-0.05, 0) is 55.2 Å². The third-order valence-corrected chi connectivity index (χ3v) is 4.91. The summed E-state index contributed by atoms with van der Waals surface area (Å²) < 4.78 is 6.47. The number of hydrogen-bond donors (Lipinski definition) is 1. The van der Waals surface area contributed by atoms with Crippen LogP contribution in [-0.4, -0.2) is 34.2 Å². The minimum Gasteiger partial charge on any atom is -0.381 e. The summed E-state index contributed by atoms with van der Waals surface area (Å²) in [7, 11) is 1.79. The Bertz CT molecular complexity index is 641. The first-order valence-electron chi connectivity index (χ1n) is 7.24.